The van der Waals surface area contributed by atoms with Gasteiger partial charge in [-0.05, 0) is 56.7 Å². The normalized spacial score (nSPS) is 17.1. The molecule has 38 heavy (non-hydrogen) atoms. The van der Waals surface area contributed by atoms with Crippen LogP contribution in [0.15, 0.2) is 22.4 Å². The predicted molar refractivity (Wildman–Crippen MR) is 139 cm³/mol. The highest BCUT2D eigenvalue weighted by atomic mass is 32.2. The number of hydrogen-bond donors (Lipinski definition) is 1. The minimum atomic E-state index is -4.92. The second-order valence-corrected chi connectivity index (χ2v) is 12.3. The lowest BCUT2D eigenvalue weighted by molar-refractivity contribution is -0.106. The Labute approximate surface area is 223 Å². The summed E-state index contributed by atoms with van der Waals surface area (Å²) in [6.45, 7) is 10.4. The molecule has 2 atom stereocenters. The van der Waals surface area contributed by atoms with Gasteiger partial charge in [0.2, 0.25) is 15.0 Å². The highest BCUT2D eigenvalue weighted by Crippen LogP contribution is 2.40. The minimum absolute atomic E-state index is 0.00187. The summed E-state index contributed by atoms with van der Waals surface area (Å²) < 4.78 is 70.6. The van der Waals surface area contributed by atoms with Crippen LogP contribution in [0.5, 0.6) is 0 Å². The number of fused-ring (bicyclic) bond motifs is 1. The zero-order chi connectivity index (χ0) is 28.3. The Bertz CT molecular complexity index is 1280. The van der Waals surface area contributed by atoms with Gasteiger partial charge in [-0.15, -0.1) is 20.4 Å². The molecule has 0 amide bonds. The van der Waals surface area contributed by atoms with Crippen LogP contribution in [0.1, 0.15) is 62.8 Å². The summed E-state index contributed by atoms with van der Waals surface area (Å²) in [5.41, 5.74) is 1.48. The maximum absolute atomic E-state index is 12.9. The molecule has 0 aliphatic carbocycles. The number of nitrogens with one attached hydrogen (secondary N) is 1. The molecule has 1 aliphatic rings. The standard InChI is InChI=1S/C23H31F3N6O4S2/c1-6-15(5)36-21(33)20-28-30-22(37-20)29-27-17-9-16-8-7-14(4)32(11-13(2)3)19(16)10-18(17)31-38(34,35)12-23(24,25)26/h9-10,13-15,31H,6-8,11-12H2,1-5H3. The van der Waals surface area contributed by atoms with Gasteiger partial charge in [-0.1, -0.05) is 32.1 Å². The molecular formula is C23H31F3N6O4S2. The molecule has 2 unspecified atom stereocenters. The van der Waals surface area contributed by atoms with Crippen LogP contribution >= 0.6 is 11.3 Å². The number of carbonyl (C=O) groups excluding carboxylic acids is 1. The molecule has 1 aliphatic heterocycles. The summed E-state index contributed by atoms with van der Waals surface area (Å²) in [7, 11) is -4.78. The van der Waals surface area contributed by atoms with E-state index in [1.807, 2.05) is 32.4 Å². The summed E-state index contributed by atoms with van der Waals surface area (Å²) in [4.78, 5) is 14.3. The number of hydrogen-bond acceptors (Lipinski definition) is 10. The molecule has 15 heteroatoms. The van der Waals surface area contributed by atoms with Crippen LogP contribution in [0.2, 0.25) is 0 Å². The van der Waals surface area contributed by atoms with Crippen molar-refractivity contribution < 1.29 is 31.1 Å². The molecule has 10 nitrogen and oxygen atoms in total. The molecule has 1 aromatic heterocycles. The largest absolute Gasteiger partial charge is 0.457 e. The van der Waals surface area contributed by atoms with E-state index in [1.165, 1.54) is 6.07 Å². The Kier molecular flexibility index (Phi) is 9.34. The van der Waals surface area contributed by atoms with Crippen LogP contribution in [-0.2, 0) is 21.2 Å². The van der Waals surface area contributed by atoms with Crippen molar-refractivity contribution >= 4 is 49.5 Å². The van der Waals surface area contributed by atoms with Crippen LogP contribution in [-0.4, -0.2) is 55.2 Å². The van der Waals surface area contributed by atoms with Gasteiger partial charge in [0.25, 0.3) is 5.13 Å². The molecule has 0 spiro atoms. The van der Waals surface area contributed by atoms with E-state index in [2.05, 4.69) is 25.3 Å². The van der Waals surface area contributed by atoms with E-state index in [0.29, 0.717) is 25.3 Å². The Hall–Kier alpha value is -2.81. The molecule has 0 bridgehead atoms. The van der Waals surface area contributed by atoms with E-state index in [1.54, 1.807) is 13.0 Å². The number of sulfonamides is 1. The second-order valence-electron chi connectivity index (χ2n) is 9.62. The van der Waals surface area contributed by atoms with E-state index in [9.17, 15) is 26.4 Å². The Morgan fingerprint density at radius 2 is 1.97 bits per heavy atom. The summed E-state index contributed by atoms with van der Waals surface area (Å²) in [5, 5.41) is 15.5. The van der Waals surface area contributed by atoms with Gasteiger partial charge in [-0.3, -0.25) is 4.72 Å². The van der Waals surface area contributed by atoms with Gasteiger partial charge in [-0.25, -0.2) is 13.2 Å². The third-order valence-corrected chi connectivity index (χ3v) is 7.79. The van der Waals surface area contributed by atoms with Gasteiger partial charge in [0.1, 0.15) is 5.69 Å². The predicted octanol–water partition coefficient (Wildman–Crippen LogP) is 6.01. The quantitative estimate of drug-likeness (QED) is 0.271. The van der Waals surface area contributed by atoms with Crippen molar-refractivity contribution in [1.29, 1.82) is 0 Å². The number of aryl methyl sites for hydroxylation is 1. The molecular weight excluding hydrogens is 545 g/mol. The van der Waals surface area contributed by atoms with Crippen LogP contribution in [0.4, 0.5) is 35.4 Å². The van der Waals surface area contributed by atoms with E-state index in [0.717, 1.165) is 29.0 Å². The zero-order valence-corrected chi connectivity index (χ0v) is 23.4. The van der Waals surface area contributed by atoms with E-state index < -0.39 is 27.9 Å². The number of aromatic nitrogens is 2. The monoisotopic (exact) mass is 576 g/mol. The fourth-order valence-electron chi connectivity index (χ4n) is 3.85. The number of alkyl halides is 3. The summed E-state index contributed by atoms with van der Waals surface area (Å²) in [6, 6.07) is 3.28. The maximum atomic E-state index is 12.9. The molecule has 1 aromatic carbocycles. The van der Waals surface area contributed by atoms with Crippen molar-refractivity contribution in [2.75, 3.05) is 21.9 Å². The lowest BCUT2D eigenvalue weighted by atomic mass is 9.94. The minimum Gasteiger partial charge on any atom is -0.457 e. The molecule has 0 saturated heterocycles. The average Bonchev–Trinajstić information content (AvgIpc) is 3.27. The Morgan fingerprint density at radius 3 is 2.61 bits per heavy atom. The number of nitrogens with zero attached hydrogens (tertiary/aromatic N) is 5. The van der Waals surface area contributed by atoms with Gasteiger partial charge >= 0.3 is 12.1 Å². The number of carbonyl (C=O) groups is 1. The summed E-state index contributed by atoms with van der Waals surface area (Å²) >= 11 is 0.823. The van der Waals surface area contributed by atoms with Crippen molar-refractivity contribution in [3.8, 4) is 0 Å². The van der Waals surface area contributed by atoms with E-state index >= 15 is 0 Å². The number of halogens is 3. The third-order valence-electron chi connectivity index (χ3n) is 5.77. The first-order valence-corrected chi connectivity index (χ1v) is 14.6. The topological polar surface area (TPSA) is 126 Å². The van der Waals surface area contributed by atoms with Gasteiger partial charge in [-0.2, -0.15) is 13.2 Å². The highest BCUT2D eigenvalue weighted by Gasteiger charge is 2.36. The van der Waals surface area contributed by atoms with Crippen molar-refractivity contribution in [2.45, 2.75) is 72.2 Å². The van der Waals surface area contributed by atoms with E-state index in [4.69, 9.17) is 4.74 Å². The fourth-order valence-corrected chi connectivity index (χ4v) is 5.40. The first kappa shape index (κ1) is 29.7. The lowest BCUT2D eigenvalue weighted by Crippen LogP contribution is -2.39. The molecule has 210 valence electrons. The number of anilines is 2. The van der Waals surface area contributed by atoms with Crippen LogP contribution in [0, 0.1) is 5.92 Å². The number of rotatable bonds is 10. The zero-order valence-electron chi connectivity index (χ0n) is 21.7. The molecule has 0 saturated carbocycles. The molecule has 0 radical (unpaired) electrons. The van der Waals surface area contributed by atoms with E-state index in [-0.39, 0.29) is 33.7 Å². The molecule has 1 N–H and O–H groups in total. The van der Waals surface area contributed by atoms with Crippen molar-refractivity contribution in [3.05, 3.63) is 22.7 Å². The summed E-state index contributed by atoms with van der Waals surface area (Å²) in [6.07, 6.45) is -3.10. The van der Waals surface area contributed by atoms with Gasteiger partial charge in [0.15, 0.2) is 5.75 Å². The van der Waals surface area contributed by atoms with Gasteiger partial charge in [0, 0.05) is 18.3 Å². The molecule has 2 aromatic rings. The first-order chi connectivity index (χ1) is 17.7. The van der Waals surface area contributed by atoms with Gasteiger partial charge in [0.05, 0.1) is 11.8 Å². The molecule has 2 heterocycles. The lowest BCUT2D eigenvalue weighted by Gasteiger charge is -2.38. The number of esters is 1. The fraction of sp³-hybridized carbons (Fsp3) is 0.609. The SMILES string of the molecule is CCC(C)OC(=O)c1nnc(N=Nc2cc3c(cc2NS(=O)(=O)CC(F)(F)F)N(CC(C)C)C(C)CC3)s1. The molecule has 0 fully saturated rings. The summed E-state index contributed by atoms with van der Waals surface area (Å²) in [5.74, 6) is -2.41. The average molecular weight is 577 g/mol. The van der Waals surface area contributed by atoms with Crippen LogP contribution in [0.3, 0.4) is 0 Å². The number of azo groups is 1. The molecule has 3 rings (SSSR count). The Morgan fingerprint density at radius 1 is 1.26 bits per heavy atom. The van der Waals surface area contributed by atoms with Crippen molar-refractivity contribution in [3.63, 3.8) is 0 Å². The maximum Gasteiger partial charge on any atom is 0.404 e. The number of ether oxygens (including phenoxy) is 1. The number of benzene rings is 1. The third kappa shape index (κ3) is 8.09. The smallest absolute Gasteiger partial charge is 0.404 e. The Balaban J connectivity index is 1.99. The first-order valence-electron chi connectivity index (χ1n) is 12.1. The second kappa shape index (κ2) is 11.9. The van der Waals surface area contributed by atoms with Crippen molar-refractivity contribution in [1.82, 2.24) is 10.2 Å². The van der Waals surface area contributed by atoms with Crippen LogP contribution in [0.25, 0.3) is 0 Å². The van der Waals surface area contributed by atoms with Gasteiger partial charge < -0.3 is 9.64 Å². The highest BCUT2D eigenvalue weighted by molar-refractivity contribution is 7.92. The van der Waals surface area contributed by atoms with Crippen LogP contribution < -0.4 is 9.62 Å². The van der Waals surface area contributed by atoms with Crippen molar-refractivity contribution in [2.24, 2.45) is 16.1 Å².